The van der Waals surface area contributed by atoms with Gasteiger partial charge in [-0.1, -0.05) is 0 Å². The lowest BCUT2D eigenvalue weighted by Crippen LogP contribution is -2.23. The summed E-state index contributed by atoms with van der Waals surface area (Å²) in [5.41, 5.74) is 5.63. The number of rotatable bonds is 1. The third-order valence-electron chi connectivity index (χ3n) is 1.89. The van der Waals surface area contributed by atoms with Gasteiger partial charge in [-0.05, 0) is 15.9 Å². The van der Waals surface area contributed by atoms with Gasteiger partial charge in [-0.3, -0.25) is 0 Å². The van der Waals surface area contributed by atoms with Crippen molar-refractivity contribution in [2.45, 2.75) is 6.10 Å². The molecule has 0 saturated carbocycles. The highest BCUT2D eigenvalue weighted by atomic mass is 79.9. The van der Waals surface area contributed by atoms with E-state index in [-0.39, 0.29) is 6.10 Å². The Balaban J connectivity index is 2.18. The Hall–Kier alpha value is -0.720. The van der Waals surface area contributed by atoms with Crippen LogP contribution in [0, 0.1) is 0 Å². The van der Waals surface area contributed by atoms with E-state index < -0.39 is 0 Å². The van der Waals surface area contributed by atoms with E-state index in [2.05, 4.69) is 25.9 Å². The number of ether oxygens (including phenoxy) is 2. The van der Waals surface area contributed by atoms with E-state index in [1.54, 1.807) is 6.20 Å². The van der Waals surface area contributed by atoms with Gasteiger partial charge < -0.3 is 15.2 Å². The zero-order valence-electron chi connectivity index (χ0n) is 7.44. The highest BCUT2D eigenvalue weighted by Crippen LogP contribution is 2.21. The molecule has 0 spiro atoms. The molecule has 1 unspecified atom stereocenters. The lowest BCUT2D eigenvalue weighted by Gasteiger charge is -2.21. The topological polar surface area (TPSA) is 70.3 Å². The van der Waals surface area contributed by atoms with Crippen molar-refractivity contribution >= 4 is 21.7 Å². The number of nitrogen functional groups attached to an aromatic ring is 1. The van der Waals surface area contributed by atoms with Crippen molar-refractivity contribution in [3.05, 3.63) is 16.5 Å². The Kier molecular flexibility index (Phi) is 2.95. The molecule has 2 heterocycles. The molecule has 5 nitrogen and oxygen atoms in total. The fourth-order valence-electron chi connectivity index (χ4n) is 1.19. The van der Waals surface area contributed by atoms with Crippen molar-refractivity contribution in [3.8, 4) is 0 Å². The minimum atomic E-state index is -0.195. The van der Waals surface area contributed by atoms with Crippen LogP contribution in [0.3, 0.4) is 0 Å². The molecule has 6 heteroatoms. The summed E-state index contributed by atoms with van der Waals surface area (Å²) >= 11 is 3.23. The second kappa shape index (κ2) is 4.20. The van der Waals surface area contributed by atoms with Gasteiger partial charge >= 0.3 is 0 Å². The van der Waals surface area contributed by atoms with E-state index in [0.717, 1.165) is 0 Å². The lowest BCUT2D eigenvalue weighted by molar-refractivity contribution is -0.0934. The van der Waals surface area contributed by atoms with Gasteiger partial charge in [0.25, 0.3) is 0 Å². The van der Waals surface area contributed by atoms with E-state index in [1.165, 1.54) is 0 Å². The van der Waals surface area contributed by atoms with Gasteiger partial charge in [0.05, 0.1) is 24.3 Å². The van der Waals surface area contributed by atoms with Crippen LogP contribution in [-0.2, 0) is 9.47 Å². The number of hydrogen-bond donors (Lipinski definition) is 1. The molecule has 2 rings (SSSR count). The van der Waals surface area contributed by atoms with E-state index in [9.17, 15) is 0 Å². The Morgan fingerprint density at radius 1 is 1.50 bits per heavy atom. The molecule has 1 atom stereocenters. The Morgan fingerprint density at radius 3 is 3.00 bits per heavy atom. The molecule has 1 saturated heterocycles. The summed E-state index contributed by atoms with van der Waals surface area (Å²) in [6, 6.07) is 0. The zero-order chi connectivity index (χ0) is 9.97. The predicted molar refractivity (Wildman–Crippen MR) is 53.7 cm³/mol. The Labute approximate surface area is 89.8 Å². The van der Waals surface area contributed by atoms with Gasteiger partial charge in [0.2, 0.25) is 0 Å². The minimum Gasteiger partial charge on any atom is -0.383 e. The van der Waals surface area contributed by atoms with Gasteiger partial charge in [-0.15, -0.1) is 0 Å². The fraction of sp³-hybridized carbons (Fsp3) is 0.500. The van der Waals surface area contributed by atoms with Crippen LogP contribution in [0.25, 0.3) is 0 Å². The standard InChI is InChI=1S/C8H10BrN3O2/c9-5-3-11-8(12-7(5)10)6-4-13-1-2-14-6/h3,6H,1-2,4H2,(H2,10,11,12). The summed E-state index contributed by atoms with van der Waals surface area (Å²) in [5, 5.41) is 0. The first-order valence-corrected chi connectivity index (χ1v) is 5.04. The highest BCUT2D eigenvalue weighted by Gasteiger charge is 2.19. The molecule has 1 aromatic heterocycles. The van der Waals surface area contributed by atoms with Crippen LogP contribution in [0.2, 0.25) is 0 Å². The zero-order valence-corrected chi connectivity index (χ0v) is 9.03. The number of nitrogens with zero attached hydrogens (tertiary/aromatic N) is 2. The minimum absolute atomic E-state index is 0.195. The summed E-state index contributed by atoms with van der Waals surface area (Å²) in [4.78, 5) is 8.23. The van der Waals surface area contributed by atoms with E-state index in [4.69, 9.17) is 15.2 Å². The lowest BCUT2D eigenvalue weighted by atomic mass is 10.3. The molecule has 0 amide bonds. The second-order valence-corrected chi connectivity index (χ2v) is 3.75. The average Bonchev–Trinajstić information content (AvgIpc) is 2.23. The summed E-state index contributed by atoms with van der Waals surface area (Å²) < 4.78 is 11.4. The molecule has 0 aliphatic carbocycles. The van der Waals surface area contributed by atoms with Crippen LogP contribution in [0.15, 0.2) is 10.7 Å². The van der Waals surface area contributed by atoms with E-state index >= 15 is 0 Å². The maximum Gasteiger partial charge on any atom is 0.161 e. The van der Waals surface area contributed by atoms with Gasteiger partial charge in [0.15, 0.2) is 5.82 Å². The number of nitrogens with two attached hydrogens (primary N) is 1. The van der Waals surface area contributed by atoms with Crippen LogP contribution in [0.1, 0.15) is 11.9 Å². The molecular formula is C8H10BrN3O2. The molecule has 1 fully saturated rings. The third-order valence-corrected chi connectivity index (χ3v) is 2.50. The van der Waals surface area contributed by atoms with Crippen molar-refractivity contribution in [3.63, 3.8) is 0 Å². The molecule has 76 valence electrons. The molecule has 1 aliphatic heterocycles. The molecule has 14 heavy (non-hydrogen) atoms. The number of hydrogen-bond acceptors (Lipinski definition) is 5. The van der Waals surface area contributed by atoms with Crippen LogP contribution < -0.4 is 5.73 Å². The SMILES string of the molecule is Nc1nc(C2COCCO2)ncc1Br. The van der Waals surface area contributed by atoms with Gasteiger partial charge in [-0.2, -0.15) is 0 Å². The maximum atomic E-state index is 5.63. The molecule has 0 radical (unpaired) electrons. The summed E-state index contributed by atoms with van der Waals surface area (Å²) in [6.07, 6.45) is 1.43. The molecular weight excluding hydrogens is 250 g/mol. The Bertz CT molecular complexity index is 328. The van der Waals surface area contributed by atoms with Crippen molar-refractivity contribution in [2.75, 3.05) is 25.6 Å². The molecule has 2 N–H and O–H groups in total. The second-order valence-electron chi connectivity index (χ2n) is 2.90. The molecule has 0 aromatic carbocycles. The van der Waals surface area contributed by atoms with Crippen molar-refractivity contribution in [2.24, 2.45) is 0 Å². The van der Waals surface area contributed by atoms with Crippen LogP contribution in [0.4, 0.5) is 5.82 Å². The van der Waals surface area contributed by atoms with Gasteiger partial charge in [0.1, 0.15) is 11.9 Å². The van der Waals surface area contributed by atoms with Gasteiger partial charge in [-0.25, -0.2) is 9.97 Å². The first kappa shape index (κ1) is 9.82. The quantitative estimate of drug-likeness (QED) is 0.812. The first-order chi connectivity index (χ1) is 6.77. The highest BCUT2D eigenvalue weighted by molar-refractivity contribution is 9.10. The molecule has 1 aromatic rings. The van der Waals surface area contributed by atoms with E-state index in [0.29, 0.717) is 35.9 Å². The number of aromatic nitrogens is 2. The van der Waals surface area contributed by atoms with Crippen LogP contribution >= 0.6 is 15.9 Å². The summed E-state index contributed by atoms with van der Waals surface area (Å²) in [6.45, 7) is 1.69. The summed E-state index contributed by atoms with van der Waals surface area (Å²) in [5.74, 6) is 0.995. The average molecular weight is 260 g/mol. The van der Waals surface area contributed by atoms with Crippen molar-refractivity contribution in [1.29, 1.82) is 0 Å². The van der Waals surface area contributed by atoms with Gasteiger partial charge in [0, 0.05) is 6.20 Å². The smallest absolute Gasteiger partial charge is 0.161 e. The van der Waals surface area contributed by atoms with Crippen LogP contribution in [-0.4, -0.2) is 29.8 Å². The van der Waals surface area contributed by atoms with Crippen LogP contribution in [0.5, 0.6) is 0 Å². The maximum absolute atomic E-state index is 5.63. The largest absolute Gasteiger partial charge is 0.383 e. The third kappa shape index (κ3) is 2.02. The molecule has 1 aliphatic rings. The monoisotopic (exact) mass is 259 g/mol. The number of halogens is 1. The molecule has 0 bridgehead atoms. The first-order valence-electron chi connectivity index (χ1n) is 4.24. The number of anilines is 1. The van der Waals surface area contributed by atoms with Crippen molar-refractivity contribution < 1.29 is 9.47 Å². The predicted octanol–water partition coefficient (Wildman–Crippen LogP) is 0.909. The van der Waals surface area contributed by atoms with E-state index in [1.807, 2.05) is 0 Å². The van der Waals surface area contributed by atoms with Crippen molar-refractivity contribution in [1.82, 2.24) is 9.97 Å². The Morgan fingerprint density at radius 2 is 2.36 bits per heavy atom. The normalized spacial score (nSPS) is 22.2. The summed E-state index contributed by atoms with van der Waals surface area (Å²) in [7, 11) is 0. The fourth-order valence-corrected chi connectivity index (χ4v) is 1.38.